The van der Waals surface area contributed by atoms with Gasteiger partial charge in [-0.2, -0.15) is 0 Å². The monoisotopic (exact) mass is 385 g/mol. The van der Waals surface area contributed by atoms with Crippen LogP contribution in [0.1, 0.15) is 39.5 Å². The average molecular weight is 386 g/mol. The molecule has 0 aromatic carbocycles. The lowest BCUT2D eigenvalue weighted by atomic mass is 9.81. The Bertz CT molecular complexity index is 579. The highest BCUT2D eigenvalue weighted by Gasteiger charge is 2.63. The van der Waals surface area contributed by atoms with Crippen LogP contribution in [0.25, 0.3) is 0 Å². The van der Waals surface area contributed by atoms with E-state index >= 15 is 0 Å². The second-order valence-corrected chi connectivity index (χ2v) is 8.34. The average Bonchev–Trinajstić information content (AvgIpc) is 3.27. The molecular weight excluding hydrogens is 358 g/mol. The van der Waals surface area contributed by atoms with Crippen LogP contribution in [0.5, 0.6) is 0 Å². The highest BCUT2D eigenvalue weighted by molar-refractivity contribution is 6.09. The number of piperidine rings is 1. The third-order valence-corrected chi connectivity index (χ3v) is 6.59. The first-order valence-electron chi connectivity index (χ1n) is 9.42. The molecule has 4 aliphatic heterocycles. The SMILES string of the molecule is CC(C(=O)NCC1(C)CCNCC1)N1C(=O)C2C3CCC(O3)C2C1=O.Cl. The molecule has 4 aliphatic rings. The Hall–Kier alpha value is -1.18. The Morgan fingerprint density at radius 3 is 2.31 bits per heavy atom. The van der Waals surface area contributed by atoms with Gasteiger partial charge in [-0.25, -0.2) is 0 Å². The topological polar surface area (TPSA) is 87.7 Å². The van der Waals surface area contributed by atoms with Crippen molar-refractivity contribution >= 4 is 30.1 Å². The Balaban J connectivity index is 0.00000196. The highest BCUT2D eigenvalue weighted by atomic mass is 35.5. The first-order chi connectivity index (χ1) is 11.9. The van der Waals surface area contributed by atoms with Gasteiger partial charge in [-0.15, -0.1) is 12.4 Å². The van der Waals surface area contributed by atoms with Crippen LogP contribution in [0.4, 0.5) is 0 Å². The first kappa shape index (κ1) is 19.6. The molecule has 4 saturated heterocycles. The molecule has 0 saturated carbocycles. The van der Waals surface area contributed by atoms with E-state index in [1.807, 2.05) is 0 Å². The number of halogens is 1. The van der Waals surface area contributed by atoms with Crippen molar-refractivity contribution in [3.05, 3.63) is 0 Å². The summed E-state index contributed by atoms with van der Waals surface area (Å²) in [6.07, 6.45) is 3.42. The summed E-state index contributed by atoms with van der Waals surface area (Å²) in [5.74, 6) is -1.43. The third-order valence-electron chi connectivity index (χ3n) is 6.59. The molecule has 3 amide bonds. The van der Waals surface area contributed by atoms with Gasteiger partial charge >= 0.3 is 0 Å². The molecule has 5 atom stereocenters. The molecule has 2 bridgehead atoms. The van der Waals surface area contributed by atoms with Crippen molar-refractivity contribution in [3.8, 4) is 0 Å². The molecule has 146 valence electrons. The van der Waals surface area contributed by atoms with E-state index < -0.39 is 6.04 Å². The fraction of sp³-hybridized carbons (Fsp3) is 0.833. The minimum Gasteiger partial charge on any atom is -0.373 e. The predicted molar refractivity (Wildman–Crippen MR) is 96.7 cm³/mol. The smallest absolute Gasteiger partial charge is 0.243 e. The Morgan fingerprint density at radius 2 is 1.77 bits per heavy atom. The van der Waals surface area contributed by atoms with E-state index in [1.165, 1.54) is 4.90 Å². The molecule has 0 spiro atoms. The van der Waals surface area contributed by atoms with Crippen molar-refractivity contribution in [2.75, 3.05) is 19.6 Å². The molecule has 8 heteroatoms. The van der Waals surface area contributed by atoms with E-state index in [1.54, 1.807) is 6.92 Å². The predicted octanol–water partition coefficient (Wildman–Crippen LogP) is 0.465. The van der Waals surface area contributed by atoms with Crippen LogP contribution in [0, 0.1) is 17.3 Å². The van der Waals surface area contributed by atoms with Crippen molar-refractivity contribution in [1.29, 1.82) is 0 Å². The maximum atomic E-state index is 12.7. The molecule has 5 unspecified atom stereocenters. The van der Waals surface area contributed by atoms with Crippen molar-refractivity contribution in [2.45, 2.75) is 57.8 Å². The van der Waals surface area contributed by atoms with Gasteiger partial charge in [0.2, 0.25) is 17.7 Å². The van der Waals surface area contributed by atoms with Gasteiger partial charge in [0.25, 0.3) is 0 Å². The van der Waals surface area contributed by atoms with Gasteiger partial charge in [-0.05, 0) is 51.1 Å². The summed E-state index contributed by atoms with van der Waals surface area (Å²) in [6, 6.07) is -0.754. The number of hydrogen-bond acceptors (Lipinski definition) is 5. The number of ether oxygens (including phenoxy) is 1. The van der Waals surface area contributed by atoms with Crippen molar-refractivity contribution < 1.29 is 19.1 Å². The van der Waals surface area contributed by atoms with Crippen LogP contribution in [-0.2, 0) is 19.1 Å². The summed E-state index contributed by atoms with van der Waals surface area (Å²) in [5, 5.41) is 6.29. The van der Waals surface area contributed by atoms with E-state index in [-0.39, 0.29) is 59.6 Å². The molecular formula is C18H28ClN3O4. The summed E-state index contributed by atoms with van der Waals surface area (Å²) in [5.41, 5.74) is 0.0725. The summed E-state index contributed by atoms with van der Waals surface area (Å²) in [4.78, 5) is 39.3. The van der Waals surface area contributed by atoms with Gasteiger partial charge in [0, 0.05) is 6.54 Å². The number of likely N-dealkylation sites (tertiary alicyclic amines) is 1. The van der Waals surface area contributed by atoms with Crippen molar-refractivity contribution in [2.24, 2.45) is 17.3 Å². The van der Waals surface area contributed by atoms with Crippen LogP contribution < -0.4 is 10.6 Å². The zero-order valence-electron chi connectivity index (χ0n) is 15.3. The fourth-order valence-electron chi connectivity index (χ4n) is 4.89. The summed E-state index contributed by atoms with van der Waals surface area (Å²) >= 11 is 0. The van der Waals surface area contributed by atoms with Crippen molar-refractivity contribution in [3.63, 3.8) is 0 Å². The molecule has 26 heavy (non-hydrogen) atoms. The quantitative estimate of drug-likeness (QED) is 0.687. The number of amides is 3. The molecule has 4 rings (SSSR count). The minimum atomic E-state index is -0.754. The van der Waals surface area contributed by atoms with Gasteiger partial charge in [0.15, 0.2) is 0 Å². The molecule has 0 radical (unpaired) electrons. The van der Waals surface area contributed by atoms with Crippen LogP contribution >= 0.6 is 12.4 Å². The summed E-state index contributed by atoms with van der Waals surface area (Å²) in [6.45, 7) is 6.31. The standard InChI is InChI=1S/C18H27N3O4.ClH/c1-10(15(22)20-9-18(2)5-7-19-8-6-18)21-16(23)13-11-3-4-12(25-11)14(13)17(21)24;/h10-14,19H,3-9H2,1-2H3,(H,20,22);1H. The highest BCUT2D eigenvalue weighted by Crippen LogP contribution is 2.48. The summed E-state index contributed by atoms with van der Waals surface area (Å²) < 4.78 is 5.73. The van der Waals surface area contributed by atoms with E-state index in [0.29, 0.717) is 6.54 Å². The third kappa shape index (κ3) is 3.04. The number of rotatable bonds is 4. The minimum absolute atomic E-state index is 0. The van der Waals surface area contributed by atoms with E-state index in [2.05, 4.69) is 17.6 Å². The zero-order chi connectivity index (χ0) is 17.8. The number of nitrogens with zero attached hydrogens (tertiary/aromatic N) is 1. The number of carbonyl (C=O) groups excluding carboxylic acids is 3. The molecule has 0 aromatic heterocycles. The molecule has 0 aromatic rings. The van der Waals surface area contributed by atoms with Gasteiger partial charge < -0.3 is 15.4 Å². The number of hydrogen-bond donors (Lipinski definition) is 2. The van der Waals surface area contributed by atoms with E-state index in [0.717, 1.165) is 38.8 Å². The number of fused-ring (bicyclic) bond motifs is 5. The second kappa shape index (κ2) is 7.09. The number of imide groups is 1. The first-order valence-corrected chi connectivity index (χ1v) is 9.42. The van der Waals surface area contributed by atoms with Gasteiger partial charge in [-0.1, -0.05) is 6.92 Å². The largest absolute Gasteiger partial charge is 0.373 e. The normalized spacial score (nSPS) is 35.8. The molecule has 7 nitrogen and oxygen atoms in total. The number of carbonyl (C=O) groups is 3. The van der Waals surface area contributed by atoms with Crippen LogP contribution in [0.2, 0.25) is 0 Å². The lowest BCUT2D eigenvalue weighted by molar-refractivity contribution is -0.149. The second-order valence-electron chi connectivity index (χ2n) is 8.34. The zero-order valence-corrected chi connectivity index (χ0v) is 16.1. The Labute approximate surface area is 160 Å². The van der Waals surface area contributed by atoms with Crippen LogP contribution in [0.3, 0.4) is 0 Å². The Morgan fingerprint density at radius 1 is 1.23 bits per heavy atom. The number of nitrogens with one attached hydrogen (secondary N) is 2. The van der Waals surface area contributed by atoms with Gasteiger partial charge in [0.05, 0.1) is 24.0 Å². The Kier molecular flexibility index (Phi) is 5.34. The summed E-state index contributed by atoms with van der Waals surface area (Å²) in [7, 11) is 0. The molecule has 4 fully saturated rings. The molecule has 2 N–H and O–H groups in total. The van der Waals surface area contributed by atoms with Crippen LogP contribution in [-0.4, -0.2) is 60.5 Å². The fourth-order valence-corrected chi connectivity index (χ4v) is 4.89. The maximum Gasteiger partial charge on any atom is 0.243 e. The lowest BCUT2D eigenvalue weighted by Crippen LogP contribution is -2.51. The molecule has 4 heterocycles. The lowest BCUT2D eigenvalue weighted by Gasteiger charge is -2.35. The molecule has 0 aliphatic carbocycles. The van der Waals surface area contributed by atoms with Gasteiger partial charge in [0.1, 0.15) is 6.04 Å². The van der Waals surface area contributed by atoms with E-state index in [9.17, 15) is 14.4 Å². The van der Waals surface area contributed by atoms with E-state index in [4.69, 9.17) is 4.74 Å². The van der Waals surface area contributed by atoms with Crippen molar-refractivity contribution in [1.82, 2.24) is 15.5 Å². The maximum absolute atomic E-state index is 12.7. The van der Waals surface area contributed by atoms with Crippen LogP contribution in [0.15, 0.2) is 0 Å². The van der Waals surface area contributed by atoms with Gasteiger partial charge in [-0.3, -0.25) is 19.3 Å².